The van der Waals surface area contributed by atoms with E-state index in [2.05, 4.69) is 0 Å². The fourth-order valence-corrected chi connectivity index (χ4v) is 2.18. The molecule has 0 heterocycles. The van der Waals surface area contributed by atoms with Crippen LogP contribution in [0.5, 0.6) is 0 Å². The van der Waals surface area contributed by atoms with Crippen LogP contribution in [0.1, 0.15) is 46.5 Å². The lowest BCUT2D eigenvalue weighted by Gasteiger charge is -2.39. The van der Waals surface area contributed by atoms with E-state index < -0.39 is 29.8 Å². The van der Waals surface area contributed by atoms with E-state index in [1.54, 1.807) is 6.92 Å². The molecule has 6 heteroatoms. The van der Waals surface area contributed by atoms with E-state index in [0.717, 1.165) is 0 Å². The molecule has 0 bridgehead atoms. The Kier molecular flexibility index (Phi) is 6.36. The Morgan fingerprint density at radius 2 is 1.67 bits per heavy atom. The first-order valence-corrected chi connectivity index (χ1v) is 6.05. The molecule has 0 unspecified atom stereocenters. The molecule has 0 aliphatic carbocycles. The Hall–Kier alpha value is -1.59. The summed E-state index contributed by atoms with van der Waals surface area (Å²) in [6, 6.07) is 0. The molecule has 0 aromatic rings. The van der Waals surface area contributed by atoms with Gasteiger partial charge in [0.1, 0.15) is 0 Å². The summed E-state index contributed by atoms with van der Waals surface area (Å²) in [6.45, 7) is 5.10. The normalized spacial score (nSPS) is 13.7. The van der Waals surface area contributed by atoms with E-state index in [9.17, 15) is 19.5 Å². The van der Waals surface area contributed by atoms with E-state index in [4.69, 9.17) is 5.11 Å². The Morgan fingerprint density at radius 3 is 1.94 bits per heavy atom. The number of carbonyl (C=O) groups excluding carboxylic acids is 1. The molecule has 1 atom stereocenters. The van der Waals surface area contributed by atoms with Gasteiger partial charge in [0, 0.05) is 13.5 Å². The molecule has 0 rings (SSSR count). The molecular weight excluding hydrogens is 238 g/mol. The predicted octanol–water partition coefficient (Wildman–Crippen LogP) is 1.34. The number of nitrogens with zero attached hydrogens (tertiary/aromatic N) is 1. The summed E-state index contributed by atoms with van der Waals surface area (Å²) in [7, 11) is 0. The maximum Gasteiger partial charge on any atom is 0.330 e. The maximum absolute atomic E-state index is 11.6. The van der Waals surface area contributed by atoms with Crippen LogP contribution in [0.3, 0.4) is 0 Å². The molecule has 6 nitrogen and oxygen atoms in total. The van der Waals surface area contributed by atoms with Crippen LogP contribution < -0.4 is 0 Å². The van der Waals surface area contributed by atoms with Crippen molar-refractivity contribution in [2.75, 3.05) is 6.54 Å². The second kappa shape index (κ2) is 6.98. The second-order valence-electron chi connectivity index (χ2n) is 4.33. The molecule has 2 N–H and O–H groups in total. The first kappa shape index (κ1) is 16.4. The minimum absolute atomic E-state index is 0.133. The van der Waals surface area contributed by atoms with Crippen LogP contribution >= 0.6 is 0 Å². The van der Waals surface area contributed by atoms with Crippen molar-refractivity contribution in [3.05, 3.63) is 0 Å². The van der Waals surface area contributed by atoms with Crippen LogP contribution in [-0.2, 0) is 14.4 Å². The molecule has 0 saturated carbocycles. The zero-order valence-electron chi connectivity index (χ0n) is 11.1. The summed E-state index contributed by atoms with van der Waals surface area (Å²) in [5.74, 6) is -2.88. The molecule has 1 amide bonds. The van der Waals surface area contributed by atoms with Crippen molar-refractivity contribution in [1.82, 2.24) is 4.90 Å². The molecule has 0 radical (unpaired) electrons. The number of aliphatic carboxylic acids is 2. The summed E-state index contributed by atoms with van der Waals surface area (Å²) in [5, 5.41) is 18.3. The van der Waals surface area contributed by atoms with Crippen molar-refractivity contribution in [2.24, 2.45) is 0 Å². The van der Waals surface area contributed by atoms with Gasteiger partial charge in [-0.3, -0.25) is 9.59 Å². The van der Waals surface area contributed by atoms with Gasteiger partial charge in [0.05, 0.1) is 6.42 Å². The smallest absolute Gasteiger partial charge is 0.330 e. The average molecular weight is 259 g/mol. The minimum Gasteiger partial charge on any atom is -0.481 e. The highest BCUT2D eigenvalue weighted by molar-refractivity contribution is 5.90. The topological polar surface area (TPSA) is 94.9 Å². The Bertz CT molecular complexity index is 328. The van der Waals surface area contributed by atoms with Crippen molar-refractivity contribution < 1.29 is 24.6 Å². The monoisotopic (exact) mass is 259 g/mol. The SMILES string of the molecule is CCCN(C(C)=O)[C@@](CCC)(CC(=O)O)C(=O)O. The van der Waals surface area contributed by atoms with E-state index >= 15 is 0 Å². The predicted molar refractivity (Wildman–Crippen MR) is 65.2 cm³/mol. The summed E-state index contributed by atoms with van der Waals surface area (Å²) < 4.78 is 0. The van der Waals surface area contributed by atoms with Crippen LogP contribution in [-0.4, -0.2) is 45.0 Å². The summed E-state index contributed by atoms with van der Waals surface area (Å²) in [5.41, 5.74) is -1.64. The van der Waals surface area contributed by atoms with E-state index in [0.29, 0.717) is 12.8 Å². The highest BCUT2D eigenvalue weighted by atomic mass is 16.4. The van der Waals surface area contributed by atoms with Crippen LogP contribution in [0.25, 0.3) is 0 Å². The quantitative estimate of drug-likeness (QED) is 0.686. The molecule has 0 aliphatic rings. The third-order valence-electron chi connectivity index (χ3n) is 2.85. The Labute approximate surface area is 107 Å². The molecule has 0 fully saturated rings. The van der Waals surface area contributed by atoms with Gasteiger partial charge < -0.3 is 15.1 Å². The molecule has 0 aromatic carbocycles. The summed E-state index contributed by atoms with van der Waals surface area (Å²) >= 11 is 0. The van der Waals surface area contributed by atoms with Crippen LogP contribution in [0, 0.1) is 0 Å². The van der Waals surface area contributed by atoms with Crippen LogP contribution in [0.2, 0.25) is 0 Å². The maximum atomic E-state index is 11.6. The Balaban J connectivity index is 5.54. The van der Waals surface area contributed by atoms with Gasteiger partial charge in [-0.2, -0.15) is 0 Å². The molecule has 0 saturated heterocycles. The zero-order valence-corrected chi connectivity index (χ0v) is 11.1. The third-order valence-corrected chi connectivity index (χ3v) is 2.85. The van der Waals surface area contributed by atoms with Gasteiger partial charge in [-0.1, -0.05) is 20.3 Å². The number of hydrogen-bond donors (Lipinski definition) is 2. The van der Waals surface area contributed by atoms with Crippen molar-refractivity contribution in [3.8, 4) is 0 Å². The number of carboxylic acid groups (broad SMARTS) is 2. The first-order chi connectivity index (χ1) is 8.31. The highest BCUT2D eigenvalue weighted by Crippen LogP contribution is 2.27. The molecule has 0 aromatic heterocycles. The van der Waals surface area contributed by atoms with E-state index in [1.165, 1.54) is 11.8 Å². The van der Waals surface area contributed by atoms with Gasteiger partial charge in [0.15, 0.2) is 5.54 Å². The molecular formula is C12H21NO5. The van der Waals surface area contributed by atoms with E-state index in [-0.39, 0.29) is 13.0 Å². The van der Waals surface area contributed by atoms with Crippen molar-refractivity contribution in [3.63, 3.8) is 0 Å². The lowest BCUT2D eigenvalue weighted by molar-refractivity contribution is -0.164. The fraction of sp³-hybridized carbons (Fsp3) is 0.750. The summed E-state index contributed by atoms with van der Waals surface area (Å²) in [6.07, 6.45) is 0.634. The Morgan fingerprint density at radius 1 is 1.11 bits per heavy atom. The zero-order chi connectivity index (χ0) is 14.3. The number of rotatable bonds is 8. The van der Waals surface area contributed by atoms with Crippen molar-refractivity contribution >= 4 is 17.8 Å². The second-order valence-corrected chi connectivity index (χ2v) is 4.33. The first-order valence-electron chi connectivity index (χ1n) is 6.05. The molecule has 0 aliphatic heterocycles. The third kappa shape index (κ3) is 3.72. The van der Waals surface area contributed by atoms with Gasteiger partial charge >= 0.3 is 11.9 Å². The van der Waals surface area contributed by atoms with Gasteiger partial charge in [-0.15, -0.1) is 0 Å². The standard InChI is InChI=1S/C12H21NO5/c1-4-6-12(11(17)18,8-10(15)16)13(7-5-2)9(3)14/h4-8H2,1-3H3,(H,15,16)(H,17,18)/t12-/m0/s1. The number of carbonyl (C=O) groups is 3. The fourth-order valence-electron chi connectivity index (χ4n) is 2.18. The van der Waals surface area contributed by atoms with E-state index in [1.807, 2.05) is 6.92 Å². The molecule has 18 heavy (non-hydrogen) atoms. The largest absolute Gasteiger partial charge is 0.481 e. The number of hydrogen-bond acceptors (Lipinski definition) is 3. The number of carboxylic acids is 2. The van der Waals surface area contributed by atoms with Crippen LogP contribution in [0.15, 0.2) is 0 Å². The lowest BCUT2D eigenvalue weighted by atomic mass is 9.87. The van der Waals surface area contributed by atoms with Gasteiger partial charge in [-0.25, -0.2) is 4.79 Å². The average Bonchev–Trinajstić information content (AvgIpc) is 2.23. The lowest BCUT2D eigenvalue weighted by Crippen LogP contribution is -2.57. The van der Waals surface area contributed by atoms with Gasteiger partial charge in [-0.05, 0) is 12.8 Å². The van der Waals surface area contributed by atoms with Crippen LogP contribution in [0.4, 0.5) is 0 Å². The molecule has 104 valence electrons. The minimum atomic E-state index is -1.64. The number of amides is 1. The highest BCUT2D eigenvalue weighted by Gasteiger charge is 2.46. The van der Waals surface area contributed by atoms with Gasteiger partial charge in [0.25, 0.3) is 0 Å². The molecule has 0 spiro atoms. The van der Waals surface area contributed by atoms with Gasteiger partial charge in [0.2, 0.25) is 5.91 Å². The van der Waals surface area contributed by atoms with Crippen molar-refractivity contribution in [1.29, 1.82) is 0 Å². The van der Waals surface area contributed by atoms with Crippen molar-refractivity contribution in [2.45, 2.75) is 52.0 Å². The summed E-state index contributed by atoms with van der Waals surface area (Å²) in [4.78, 5) is 35.2.